The monoisotopic (exact) mass is 251 g/mol. The predicted octanol–water partition coefficient (Wildman–Crippen LogP) is 3.32. The third kappa shape index (κ3) is 3.93. The first-order chi connectivity index (χ1) is 8.25. The van der Waals surface area contributed by atoms with E-state index < -0.39 is 0 Å². The lowest BCUT2D eigenvalue weighted by atomic mass is 10.2. The van der Waals surface area contributed by atoms with E-state index >= 15 is 0 Å². The Morgan fingerprint density at radius 1 is 1.35 bits per heavy atom. The zero-order valence-electron chi connectivity index (χ0n) is 10.6. The van der Waals surface area contributed by atoms with Crippen molar-refractivity contribution in [2.45, 2.75) is 31.6 Å². The lowest BCUT2D eigenvalue weighted by molar-refractivity contribution is 0.127. The number of thioether (sulfide) groups is 1. The van der Waals surface area contributed by atoms with E-state index in [2.05, 4.69) is 43.4 Å². The Morgan fingerprint density at radius 3 is 2.76 bits per heavy atom. The van der Waals surface area contributed by atoms with E-state index in [9.17, 15) is 0 Å². The number of hydrogen-bond donors (Lipinski definition) is 1. The Labute approximate surface area is 108 Å². The lowest BCUT2D eigenvalue weighted by Gasteiger charge is -2.13. The van der Waals surface area contributed by atoms with Crippen LogP contribution in [0, 0.1) is 6.92 Å². The van der Waals surface area contributed by atoms with Crippen LogP contribution in [0.4, 0.5) is 5.69 Å². The van der Waals surface area contributed by atoms with E-state index in [0.29, 0.717) is 11.4 Å². The first-order valence-corrected chi connectivity index (χ1v) is 7.34. The minimum Gasteiger partial charge on any atom is -0.384 e. The van der Waals surface area contributed by atoms with Gasteiger partial charge in [-0.25, -0.2) is 0 Å². The number of hydrogen-bond acceptors (Lipinski definition) is 3. The van der Waals surface area contributed by atoms with Crippen molar-refractivity contribution in [2.24, 2.45) is 0 Å². The maximum Gasteiger partial charge on any atom is 0.0666 e. The summed E-state index contributed by atoms with van der Waals surface area (Å²) in [5, 5.41) is 4.14. The first-order valence-electron chi connectivity index (χ1n) is 6.29. The van der Waals surface area contributed by atoms with Gasteiger partial charge in [0.05, 0.1) is 6.10 Å². The van der Waals surface area contributed by atoms with E-state index in [1.54, 1.807) is 0 Å². The van der Waals surface area contributed by atoms with Gasteiger partial charge in [-0.2, -0.15) is 11.8 Å². The highest BCUT2D eigenvalue weighted by Crippen LogP contribution is 2.25. The van der Waals surface area contributed by atoms with Crippen LogP contribution in [0.5, 0.6) is 0 Å². The second-order valence-corrected chi connectivity index (χ2v) is 5.91. The van der Waals surface area contributed by atoms with Crippen LogP contribution < -0.4 is 5.32 Å². The van der Waals surface area contributed by atoms with Crippen molar-refractivity contribution >= 4 is 17.4 Å². The van der Waals surface area contributed by atoms with E-state index in [1.807, 2.05) is 11.8 Å². The Balaban J connectivity index is 1.64. The number of rotatable bonds is 5. The molecule has 2 nitrogen and oxygen atoms in total. The summed E-state index contributed by atoms with van der Waals surface area (Å²) in [5.74, 6) is 1.15. The van der Waals surface area contributed by atoms with E-state index in [4.69, 9.17) is 4.74 Å². The fourth-order valence-electron chi connectivity index (χ4n) is 2.01. The molecule has 0 aromatic heterocycles. The maximum absolute atomic E-state index is 5.55. The molecule has 17 heavy (non-hydrogen) atoms. The van der Waals surface area contributed by atoms with Gasteiger partial charge >= 0.3 is 0 Å². The topological polar surface area (TPSA) is 21.3 Å². The summed E-state index contributed by atoms with van der Waals surface area (Å²) >= 11 is 2.03. The highest BCUT2D eigenvalue weighted by Gasteiger charge is 2.23. The van der Waals surface area contributed by atoms with Crippen LogP contribution in [-0.4, -0.2) is 30.3 Å². The van der Waals surface area contributed by atoms with E-state index in [1.165, 1.54) is 17.7 Å². The number of nitrogens with one attached hydrogen (secondary N) is 1. The van der Waals surface area contributed by atoms with Crippen LogP contribution >= 0.6 is 11.8 Å². The van der Waals surface area contributed by atoms with Crippen molar-refractivity contribution < 1.29 is 4.74 Å². The summed E-state index contributed by atoms with van der Waals surface area (Å²) in [6.45, 7) is 6.25. The molecule has 2 unspecified atom stereocenters. The average Bonchev–Trinajstić information content (AvgIpc) is 2.73. The molecular formula is C14H21NOS. The quantitative estimate of drug-likeness (QED) is 0.811. The molecule has 2 atom stereocenters. The van der Waals surface area contributed by atoms with Gasteiger partial charge in [0.2, 0.25) is 0 Å². The van der Waals surface area contributed by atoms with Gasteiger partial charge in [-0.3, -0.25) is 0 Å². The zero-order chi connectivity index (χ0) is 12.1. The van der Waals surface area contributed by atoms with Crippen molar-refractivity contribution in [3.05, 3.63) is 29.8 Å². The number of ether oxygens (including phenoxy) is 1. The standard InChI is InChI=1S/C14H21NOS/c1-11-3-5-13(6-4-11)15-8-10-17-14-7-9-16-12(14)2/h3-6,12,14-15H,7-10H2,1-2H3. The molecule has 3 heteroatoms. The molecule has 1 saturated heterocycles. The van der Waals surface area contributed by atoms with Crippen LogP contribution in [0.2, 0.25) is 0 Å². The highest BCUT2D eigenvalue weighted by atomic mass is 32.2. The first kappa shape index (κ1) is 12.8. The minimum atomic E-state index is 0.430. The molecule has 0 spiro atoms. The van der Waals surface area contributed by atoms with Crippen molar-refractivity contribution in [1.29, 1.82) is 0 Å². The third-order valence-corrected chi connectivity index (χ3v) is 4.61. The van der Waals surface area contributed by atoms with Crippen LogP contribution in [0.15, 0.2) is 24.3 Å². The van der Waals surface area contributed by atoms with Gasteiger partial charge in [0.15, 0.2) is 0 Å². The highest BCUT2D eigenvalue weighted by molar-refractivity contribution is 8.00. The third-order valence-electron chi connectivity index (χ3n) is 3.12. The van der Waals surface area contributed by atoms with Crippen LogP contribution in [0.1, 0.15) is 18.9 Å². The molecule has 1 heterocycles. The van der Waals surface area contributed by atoms with Crippen molar-refractivity contribution in [3.8, 4) is 0 Å². The second kappa shape index (κ2) is 6.31. The molecule has 1 aliphatic heterocycles. The van der Waals surface area contributed by atoms with Crippen molar-refractivity contribution in [1.82, 2.24) is 0 Å². The van der Waals surface area contributed by atoms with Gasteiger partial charge in [-0.1, -0.05) is 17.7 Å². The number of aryl methyl sites for hydroxylation is 1. The van der Waals surface area contributed by atoms with Gasteiger partial charge in [0, 0.05) is 29.8 Å². The number of anilines is 1. The molecule has 1 fully saturated rings. The molecule has 1 aromatic rings. The zero-order valence-corrected chi connectivity index (χ0v) is 11.4. The molecule has 0 saturated carbocycles. The number of benzene rings is 1. The SMILES string of the molecule is Cc1ccc(NCCSC2CCOC2C)cc1. The molecule has 0 amide bonds. The molecule has 2 rings (SSSR count). The predicted molar refractivity (Wildman–Crippen MR) is 75.9 cm³/mol. The second-order valence-electron chi connectivity index (χ2n) is 4.57. The fourth-order valence-corrected chi connectivity index (χ4v) is 3.14. The fraction of sp³-hybridized carbons (Fsp3) is 0.571. The molecule has 1 N–H and O–H groups in total. The Bertz CT molecular complexity index is 339. The minimum absolute atomic E-state index is 0.430. The van der Waals surface area contributed by atoms with E-state index in [0.717, 1.165) is 18.9 Å². The maximum atomic E-state index is 5.55. The average molecular weight is 251 g/mol. The molecular weight excluding hydrogens is 230 g/mol. The molecule has 0 bridgehead atoms. The van der Waals surface area contributed by atoms with Crippen LogP contribution in [0.3, 0.4) is 0 Å². The van der Waals surface area contributed by atoms with Crippen LogP contribution in [-0.2, 0) is 4.74 Å². The van der Waals surface area contributed by atoms with Gasteiger partial charge < -0.3 is 10.1 Å². The summed E-state index contributed by atoms with van der Waals surface area (Å²) in [6.07, 6.45) is 1.63. The summed E-state index contributed by atoms with van der Waals surface area (Å²) < 4.78 is 5.55. The van der Waals surface area contributed by atoms with Gasteiger partial charge in [0.1, 0.15) is 0 Å². The van der Waals surface area contributed by atoms with Crippen molar-refractivity contribution in [2.75, 3.05) is 24.2 Å². The van der Waals surface area contributed by atoms with Gasteiger partial charge in [-0.15, -0.1) is 0 Å². The Morgan fingerprint density at radius 2 is 2.12 bits per heavy atom. The molecule has 1 aliphatic rings. The molecule has 94 valence electrons. The van der Waals surface area contributed by atoms with Gasteiger partial charge in [-0.05, 0) is 32.4 Å². The normalized spacial score (nSPS) is 23.9. The Kier molecular flexibility index (Phi) is 4.75. The Hall–Kier alpha value is -0.670. The molecule has 0 radical (unpaired) electrons. The summed E-state index contributed by atoms with van der Waals surface area (Å²) in [6, 6.07) is 8.56. The molecule has 0 aliphatic carbocycles. The van der Waals surface area contributed by atoms with Gasteiger partial charge in [0.25, 0.3) is 0 Å². The van der Waals surface area contributed by atoms with E-state index in [-0.39, 0.29) is 0 Å². The molecule has 1 aromatic carbocycles. The van der Waals surface area contributed by atoms with Crippen molar-refractivity contribution in [3.63, 3.8) is 0 Å². The largest absolute Gasteiger partial charge is 0.384 e. The van der Waals surface area contributed by atoms with Crippen LogP contribution in [0.25, 0.3) is 0 Å². The smallest absolute Gasteiger partial charge is 0.0666 e. The lowest BCUT2D eigenvalue weighted by Crippen LogP contribution is -2.16. The summed E-state index contributed by atoms with van der Waals surface area (Å²) in [5.41, 5.74) is 2.52. The summed E-state index contributed by atoms with van der Waals surface area (Å²) in [7, 11) is 0. The summed E-state index contributed by atoms with van der Waals surface area (Å²) in [4.78, 5) is 0.